The van der Waals surface area contributed by atoms with Crippen LogP contribution in [-0.4, -0.2) is 41.6 Å². The fourth-order valence-corrected chi connectivity index (χ4v) is 2.99. The van der Waals surface area contributed by atoms with E-state index in [2.05, 4.69) is 30.4 Å². The van der Waals surface area contributed by atoms with Crippen molar-refractivity contribution in [3.8, 4) is 11.5 Å². The average molecular weight is 377 g/mol. The number of nitrogens with zero attached hydrogens (tertiary/aromatic N) is 6. The standard InChI is InChI=1S/C16H14F3N7O/c1-8-9-5-12(27)24-13(9)25-14(22-8)11-6-26-15(20-7-21-26)10(23-11)3-2-4-16(17,18)19/h6-7H,2-5H2,1H3,(H,22,24,25,27). The van der Waals surface area contributed by atoms with Crippen LogP contribution in [0.25, 0.3) is 17.2 Å². The van der Waals surface area contributed by atoms with E-state index in [9.17, 15) is 18.0 Å². The lowest BCUT2D eigenvalue weighted by Crippen LogP contribution is -2.09. The number of carbonyl (C=O) groups is 1. The van der Waals surface area contributed by atoms with Crippen LogP contribution in [0.3, 0.4) is 0 Å². The molecule has 0 saturated carbocycles. The van der Waals surface area contributed by atoms with E-state index in [-0.39, 0.29) is 31.0 Å². The van der Waals surface area contributed by atoms with Crippen LogP contribution in [0.1, 0.15) is 29.8 Å². The fourth-order valence-electron chi connectivity index (χ4n) is 2.99. The monoisotopic (exact) mass is 377 g/mol. The van der Waals surface area contributed by atoms with E-state index in [0.717, 1.165) is 5.56 Å². The second kappa shape index (κ2) is 6.25. The third-order valence-electron chi connectivity index (χ3n) is 4.24. The lowest BCUT2D eigenvalue weighted by atomic mass is 10.1. The minimum absolute atomic E-state index is 0.0935. The zero-order chi connectivity index (χ0) is 19.2. The molecule has 4 heterocycles. The van der Waals surface area contributed by atoms with Gasteiger partial charge in [0.15, 0.2) is 11.5 Å². The van der Waals surface area contributed by atoms with Gasteiger partial charge in [0, 0.05) is 17.7 Å². The predicted octanol–water partition coefficient (Wildman–Crippen LogP) is 2.27. The molecule has 27 heavy (non-hydrogen) atoms. The van der Waals surface area contributed by atoms with E-state index in [1.165, 1.54) is 10.8 Å². The molecular weight excluding hydrogens is 363 g/mol. The van der Waals surface area contributed by atoms with Crippen LogP contribution in [0, 0.1) is 6.92 Å². The smallest absolute Gasteiger partial charge is 0.310 e. The van der Waals surface area contributed by atoms with E-state index >= 15 is 0 Å². The molecule has 0 unspecified atom stereocenters. The van der Waals surface area contributed by atoms with Gasteiger partial charge in [-0.2, -0.15) is 18.3 Å². The van der Waals surface area contributed by atoms with Crippen molar-refractivity contribution in [1.82, 2.24) is 29.5 Å². The Kier molecular flexibility index (Phi) is 4.01. The Labute approximate surface area is 150 Å². The van der Waals surface area contributed by atoms with Gasteiger partial charge < -0.3 is 5.32 Å². The highest BCUT2D eigenvalue weighted by molar-refractivity contribution is 5.98. The summed E-state index contributed by atoms with van der Waals surface area (Å²) in [6.45, 7) is 1.77. The lowest BCUT2D eigenvalue weighted by Gasteiger charge is -2.09. The molecule has 1 aliphatic heterocycles. The average Bonchev–Trinajstić information content (AvgIpc) is 3.19. The minimum atomic E-state index is -4.22. The SMILES string of the molecule is Cc1nc(-c2cn3ncnc3c(CCCC(F)(F)F)n2)nc2c1CC(=O)N2. The number of carbonyl (C=O) groups excluding carboxylic acids is 1. The van der Waals surface area contributed by atoms with Crippen LogP contribution in [0.15, 0.2) is 12.5 Å². The summed E-state index contributed by atoms with van der Waals surface area (Å²) < 4.78 is 38.8. The molecule has 8 nitrogen and oxygen atoms in total. The largest absolute Gasteiger partial charge is 0.389 e. The van der Waals surface area contributed by atoms with Gasteiger partial charge in [0.25, 0.3) is 0 Å². The van der Waals surface area contributed by atoms with E-state index in [4.69, 9.17) is 0 Å². The highest BCUT2D eigenvalue weighted by Crippen LogP contribution is 2.27. The van der Waals surface area contributed by atoms with Crippen molar-refractivity contribution in [2.45, 2.75) is 38.8 Å². The molecule has 3 aromatic heterocycles. The molecule has 11 heteroatoms. The number of hydrogen-bond acceptors (Lipinski definition) is 6. The first-order valence-electron chi connectivity index (χ1n) is 8.24. The number of aryl methyl sites for hydroxylation is 2. The molecular formula is C16H14F3N7O. The maximum absolute atomic E-state index is 12.5. The van der Waals surface area contributed by atoms with Crippen molar-refractivity contribution in [3.05, 3.63) is 29.5 Å². The number of hydrogen-bond donors (Lipinski definition) is 1. The Balaban J connectivity index is 1.72. The number of halogens is 3. The second-order valence-electron chi connectivity index (χ2n) is 6.25. The van der Waals surface area contributed by atoms with Gasteiger partial charge in [-0.3, -0.25) is 4.79 Å². The minimum Gasteiger partial charge on any atom is -0.310 e. The Morgan fingerprint density at radius 2 is 2.07 bits per heavy atom. The highest BCUT2D eigenvalue weighted by Gasteiger charge is 2.27. The van der Waals surface area contributed by atoms with Crippen molar-refractivity contribution in [1.29, 1.82) is 0 Å². The topological polar surface area (TPSA) is 98.0 Å². The third kappa shape index (κ3) is 3.44. The van der Waals surface area contributed by atoms with Crippen LogP contribution >= 0.6 is 0 Å². The Morgan fingerprint density at radius 3 is 2.85 bits per heavy atom. The first-order valence-corrected chi connectivity index (χ1v) is 8.24. The number of alkyl halides is 3. The molecule has 1 aliphatic rings. The van der Waals surface area contributed by atoms with E-state index in [1.54, 1.807) is 13.1 Å². The molecule has 4 rings (SSSR count). The fraction of sp³-hybridized carbons (Fsp3) is 0.375. The summed E-state index contributed by atoms with van der Waals surface area (Å²) in [7, 11) is 0. The molecule has 0 fully saturated rings. The summed E-state index contributed by atoms with van der Waals surface area (Å²) in [4.78, 5) is 28.8. The summed E-state index contributed by atoms with van der Waals surface area (Å²) in [6, 6.07) is 0. The zero-order valence-electron chi connectivity index (χ0n) is 14.2. The van der Waals surface area contributed by atoms with Gasteiger partial charge in [0.1, 0.15) is 17.8 Å². The molecule has 1 amide bonds. The number of nitrogens with one attached hydrogen (secondary N) is 1. The second-order valence-corrected chi connectivity index (χ2v) is 6.25. The Morgan fingerprint density at radius 1 is 1.26 bits per heavy atom. The summed E-state index contributed by atoms with van der Waals surface area (Å²) in [5.74, 6) is 0.539. The number of anilines is 1. The van der Waals surface area contributed by atoms with Gasteiger partial charge in [0.05, 0.1) is 18.3 Å². The van der Waals surface area contributed by atoms with E-state index in [0.29, 0.717) is 28.5 Å². The van der Waals surface area contributed by atoms with Gasteiger partial charge >= 0.3 is 6.18 Å². The maximum atomic E-state index is 12.5. The van der Waals surface area contributed by atoms with Crippen molar-refractivity contribution in [2.75, 3.05) is 5.32 Å². The Hall–Kier alpha value is -3.11. The first kappa shape index (κ1) is 17.3. The molecule has 0 saturated heterocycles. The van der Waals surface area contributed by atoms with Crippen LogP contribution in [0.4, 0.5) is 19.0 Å². The van der Waals surface area contributed by atoms with Crippen molar-refractivity contribution in [2.24, 2.45) is 0 Å². The van der Waals surface area contributed by atoms with Gasteiger partial charge in [0.2, 0.25) is 5.91 Å². The van der Waals surface area contributed by atoms with Gasteiger partial charge in [-0.1, -0.05) is 0 Å². The molecule has 0 spiro atoms. The maximum Gasteiger partial charge on any atom is 0.389 e. The van der Waals surface area contributed by atoms with Gasteiger partial charge in [-0.05, 0) is 19.8 Å². The van der Waals surface area contributed by atoms with E-state index < -0.39 is 12.6 Å². The molecule has 140 valence electrons. The van der Waals surface area contributed by atoms with Gasteiger partial charge in [-0.25, -0.2) is 24.5 Å². The molecule has 0 aromatic carbocycles. The molecule has 3 aromatic rings. The summed E-state index contributed by atoms with van der Waals surface area (Å²) in [6.07, 6.45) is -2.05. The number of rotatable bonds is 4. The predicted molar refractivity (Wildman–Crippen MR) is 87.9 cm³/mol. The normalized spacial score (nSPS) is 13.9. The van der Waals surface area contributed by atoms with Crippen LogP contribution in [-0.2, 0) is 17.6 Å². The summed E-state index contributed by atoms with van der Waals surface area (Å²) >= 11 is 0. The summed E-state index contributed by atoms with van der Waals surface area (Å²) in [5.41, 5.74) is 2.51. The number of fused-ring (bicyclic) bond motifs is 2. The lowest BCUT2D eigenvalue weighted by molar-refractivity contribution is -0.135. The molecule has 0 bridgehead atoms. The molecule has 1 N–H and O–H groups in total. The number of aromatic nitrogens is 6. The number of amides is 1. The Bertz CT molecular complexity index is 1040. The molecule has 0 aliphatic carbocycles. The van der Waals surface area contributed by atoms with Crippen molar-refractivity contribution < 1.29 is 18.0 Å². The zero-order valence-corrected chi connectivity index (χ0v) is 14.2. The van der Waals surface area contributed by atoms with Crippen LogP contribution < -0.4 is 5.32 Å². The highest BCUT2D eigenvalue weighted by atomic mass is 19.4. The van der Waals surface area contributed by atoms with E-state index in [1.807, 2.05) is 0 Å². The first-order chi connectivity index (χ1) is 12.8. The molecule has 0 radical (unpaired) electrons. The van der Waals surface area contributed by atoms with Crippen molar-refractivity contribution in [3.63, 3.8) is 0 Å². The van der Waals surface area contributed by atoms with Gasteiger partial charge in [-0.15, -0.1) is 0 Å². The summed E-state index contributed by atoms with van der Waals surface area (Å²) in [5, 5.41) is 6.72. The molecule has 0 atom stereocenters. The van der Waals surface area contributed by atoms with Crippen molar-refractivity contribution >= 4 is 17.4 Å². The third-order valence-corrected chi connectivity index (χ3v) is 4.24. The van der Waals surface area contributed by atoms with Crippen LogP contribution in [0.2, 0.25) is 0 Å². The van der Waals surface area contributed by atoms with Crippen LogP contribution in [0.5, 0.6) is 0 Å². The quantitative estimate of drug-likeness (QED) is 0.749.